The van der Waals surface area contributed by atoms with Crippen LogP contribution in [0.1, 0.15) is 18.9 Å². The molecule has 0 aliphatic rings. The Labute approximate surface area is 108 Å². The van der Waals surface area contributed by atoms with Gasteiger partial charge in [-0.3, -0.25) is 0 Å². The van der Waals surface area contributed by atoms with Crippen molar-refractivity contribution in [1.82, 2.24) is 4.72 Å². The Morgan fingerprint density at radius 1 is 1.32 bits per heavy atom. The van der Waals surface area contributed by atoms with Gasteiger partial charge in [-0.05, 0) is 31.2 Å². The summed E-state index contributed by atoms with van der Waals surface area (Å²) in [5, 5.41) is 8.56. The summed E-state index contributed by atoms with van der Waals surface area (Å²) in [4.78, 5) is -0.180. The number of benzene rings is 1. The van der Waals surface area contributed by atoms with Gasteiger partial charge in [0.15, 0.2) is 0 Å². The molecule has 1 N–H and O–H groups in total. The van der Waals surface area contributed by atoms with Gasteiger partial charge < -0.3 is 0 Å². The van der Waals surface area contributed by atoms with E-state index >= 15 is 0 Å². The third kappa shape index (κ3) is 4.89. The lowest BCUT2D eigenvalue weighted by Crippen LogP contribution is -2.35. The van der Waals surface area contributed by atoms with E-state index in [4.69, 9.17) is 5.26 Å². The van der Waals surface area contributed by atoms with Gasteiger partial charge >= 0.3 is 6.18 Å². The average molecular weight is 292 g/mol. The molecule has 1 aromatic rings. The Morgan fingerprint density at radius 3 is 2.26 bits per heavy atom. The van der Waals surface area contributed by atoms with E-state index in [1.165, 1.54) is 24.3 Å². The van der Waals surface area contributed by atoms with Gasteiger partial charge in [-0.1, -0.05) is 0 Å². The Morgan fingerprint density at radius 2 is 1.84 bits per heavy atom. The smallest absolute Gasteiger partial charge is 0.208 e. The fourth-order valence-corrected chi connectivity index (χ4v) is 2.67. The molecule has 0 spiro atoms. The van der Waals surface area contributed by atoms with Gasteiger partial charge in [0.05, 0.1) is 22.9 Å². The van der Waals surface area contributed by atoms with E-state index in [0.717, 1.165) is 6.92 Å². The van der Waals surface area contributed by atoms with Gasteiger partial charge in [0.2, 0.25) is 10.0 Å². The summed E-state index contributed by atoms with van der Waals surface area (Å²) in [5.74, 6) is 0. The Bertz CT molecular complexity index is 573. The molecule has 0 saturated carbocycles. The highest BCUT2D eigenvalue weighted by Crippen LogP contribution is 2.22. The minimum absolute atomic E-state index is 0.180. The summed E-state index contributed by atoms with van der Waals surface area (Å²) in [5.41, 5.74) is 0.266. The highest BCUT2D eigenvalue weighted by Gasteiger charge is 2.31. The molecule has 8 heteroatoms. The third-order valence-electron chi connectivity index (χ3n) is 2.19. The molecule has 0 bridgehead atoms. The molecule has 0 fully saturated rings. The van der Waals surface area contributed by atoms with Crippen molar-refractivity contribution >= 4 is 10.0 Å². The highest BCUT2D eigenvalue weighted by molar-refractivity contribution is 7.89. The number of nitrogens with one attached hydrogen (secondary N) is 1. The van der Waals surface area contributed by atoms with Crippen LogP contribution in [0, 0.1) is 11.3 Å². The van der Waals surface area contributed by atoms with Gasteiger partial charge in [-0.15, -0.1) is 0 Å². The first-order valence-electron chi connectivity index (χ1n) is 5.23. The van der Waals surface area contributed by atoms with Crippen molar-refractivity contribution in [2.75, 3.05) is 0 Å². The standard InChI is InChI=1S/C11H11F3N2O2S/c1-8(6-11(12,13)14)16-19(17,18)10-4-2-9(7-15)3-5-10/h2-5,8,16H,6H2,1H3. The summed E-state index contributed by atoms with van der Waals surface area (Å²) >= 11 is 0. The van der Waals surface area contributed by atoms with Crippen LogP contribution in [0.15, 0.2) is 29.2 Å². The Hall–Kier alpha value is -1.59. The predicted octanol–water partition coefficient (Wildman–Crippen LogP) is 2.18. The number of sulfonamides is 1. The minimum Gasteiger partial charge on any atom is -0.208 e. The van der Waals surface area contributed by atoms with Gasteiger partial charge in [-0.25, -0.2) is 13.1 Å². The third-order valence-corrected chi connectivity index (χ3v) is 3.79. The van der Waals surface area contributed by atoms with Gasteiger partial charge in [0.25, 0.3) is 0 Å². The van der Waals surface area contributed by atoms with Crippen molar-refractivity contribution in [2.24, 2.45) is 0 Å². The van der Waals surface area contributed by atoms with Crippen molar-refractivity contribution in [3.63, 3.8) is 0 Å². The second-order valence-corrected chi connectivity index (χ2v) is 5.69. The first-order valence-corrected chi connectivity index (χ1v) is 6.71. The highest BCUT2D eigenvalue weighted by atomic mass is 32.2. The molecule has 0 heterocycles. The first kappa shape index (κ1) is 15.5. The zero-order valence-electron chi connectivity index (χ0n) is 9.90. The molecule has 0 aliphatic carbocycles. The zero-order chi connectivity index (χ0) is 14.7. The molecule has 0 aliphatic heterocycles. The number of rotatable bonds is 4. The quantitative estimate of drug-likeness (QED) is 0.924. The summed E-state index contributed by atoms with van der Waals surface area (Å²) < 4.78 is 61.8. The molecule has 0 saturated heterocycles. The molecular weight excluding hydrogens is 281 g/mol. The molecule has 0 aromatic heterocycles. The number of hydrogen-bond donors (Lipinski definition) is 1. The summed E-state index contributed by atoms with van der Waals surface area (Å²) in [7, 11) is -4.02. The zero-order valence-corrected chi connectivity index (χ0v) is 10.7. The number of nitrogens with zero attached hydrogens (tertiary/aromatic N) is 1. The van der Waals surface area contributed by atoms with E-state index < -0.39 is 28.7 Å². The van der Waals surface area contributed by atoms with Crippen LogP contribution in [-0.2, 0) is 10.0 Å². The molecule has 4 nitrogen and oxygen atoms in total. The van der Waals surface area contributed by atoms with E-state index in [-0.39, 0.29) is 10.5 Å². The van der Waals surface area contributed by atoms with Crippen molar-refractivity contribution in [3.8, 4) is 6.07 Å². The van der Waals surface area contributed by atoms with Crippen LogP contribution in [-0.4, -0.2) is 20.6 Å². The van der Waals surface area contributed by atoms with Crippen LogP contribution in [0.25, 0.3) is 0 Å². The van der Waals surface area contributed by atoms with Crippen LogP contribution in [0.4, 0.5) is 13.2 Å². The van der Waals surface area contributed by atoms with Crippen molar-refractivity contribution in [2.45, 2.75) is 30.5 Å². The Kier molecular flexibility index (Phi) is 4.55. The molecular formula is C11H11F3N2O2S. The second-order valence-electron chi connectivity index (χ2n) is 3.98. The first-order chi connectivity index (χ1) is 8.64. The summed E-state index contributed by atoms with van der Waals surface area (Å²) in [6, 6.07) is 5.45. The monoisotopic (exact) mass is 292 g/mol. The molecule has 104 valence electrons. The van der Waals surface area contributed by atoms with Crippen molar-refractivity contribution < 1.29 is 21.6 Å². The molecule has 0 amide bonds. The fourth-order valence-electron chi connectivity index (χ4n) is 1.43. The number of halogens is 3. The van der Waals surface area contributed by atoms with E-state index in [9.17, 15) is 21.6 Å². The Balaban J connectivity index is 2.84. The van der Waals surface area contributed by atoms with Gasteiger partial charge in [0.1, 0.15) is 0 Å². The lowest BCUT2D eigenvalue weighted by atomic mass is 10.2. The summed E-state index contributed by atoms with van der Waals surface area (Å²) in [6.07, 6.45) is -5.69. The lowest BCUT2D eigenvalue weighted by Gasteiger charge is -2.15. The van der Waals surface area contributed by atoms with E-state index in [2.05, 4.69) is 0 Å². The maximum absolute atomic E-state index is 12.1. The van der Waals surface area contributed by atoms with E-state index in [1.54, 1.807) is 0 Å². The minimum atomic E-state index is -4.44. The average Bonchev–Trinajstić information content (AvgIpc) is 2.25. The summed E-state index contributed by atoms with van der Waals surface area (Å²) in [6.45, 7) is 1.13. The maximum atomic E-state index is 12.1. The number of alkyl halides is 3. The van der Waals surface area contributed by atoms with Crippen LogP contribution in [0.3, 0.4) is 0 Å². The number of hydrogen-bond acceptors (Lipinski definition) is 3. The van der Waals surface area contributed by atoms with Crippen LogP contribution >= 0.6 is 0 Å². The molecule has 19 heavy (non-hydrogen) atoms. The van der Waals surface area contributed by atoms with Crippen molar-refractivity contribution in [1.29, 1.82) is 5.26 Å². The van der Waals surface area contributed by atoms with Crippen molar-refractivity contribution in [3.05, 3.63) is 29.8 Å². The molecule has 1 atom stereocenters. The normalized spacial score (nSPS) is 13.8. The van der Waals surface area contributed by atoms with E-state index in [0.29, 0.717) is 0 Å². The second kappa shape index (κ2) is 5.59. The van der Waals surface area contributed by atoms with Crippen LogP contribution < -0.4 is 4.72 Å². The molecule has 1 aromatic carbocycles. The fraction of sp³-hybridized carbons (Fsp3) is 0.364. The van der Waals surface area contributed by atoms with Gasteiger partial charge in [-0.2, -0.15) is 18.4 Å². The lowest BCUT2D eigenvalue weighted by molar-refractivity contribution is -0.137. The van der Waals surface area contributed by atoms with E-state index in [1.807, 2.05) is 10.8 Å². The maximum Gasteiger partial charge on any atom is 0.390 e. The van der Waals surface area contributed by atoms with Gasteiger partial charge in [0, 0.05) is 6.04 Å². The van der Waals surface area contributed by atoms with Crippen LogP contribution in [0.5, 0.6) is 0 Å². The molecule has 1 unspecified atom stereocenters. The largest absolute Gasteiger partial charge is 0.390 e. The SMILES string of the molecule is CC(CC(F)(F)F)NS(=O)(=O)c1ccc(C#N)cc1. The van der Waals surface area contributed by atoms with Crippen LogP contribution in [0.2, 0.25) is 0 Å². The molecule has 0 radical (unpaired) electrons. The number of nitriles is 1. The topological polar surface area (TPSA) is 70.0 Å². The molecule has 1 rings (SSSR count). The predicted molar refractivity (Wildman–Crippen MR) is 61.6 cm³/mol.